The number of carbonyl (C=O) groups is 1. The van der Waals surface area contributed by atoms with E-state index in [1.807, 2.05) is 18.2 Å². The van der Waals surface area contributed by atoms with E-state index in [2.05, 4.69) is 10.3 Å². The number of fused-ring (bicyclic) bond motifs is 1. The third kappa shape index (κ3) is 3.74. The maximum atomic E-state index is 13.3. The van der Waals surface area contributed by atoms with Gasteiger partial charge < -0.3 is 15.2 Å². The fraction of sp³-hybridized carbons (Fsp3) is 0.200. The van der Waals surface area contributed by atoms with E-state index in [9.17, 15) is 14.0 Å². The zero-order valence-corrected chi connectivity index (χ0v) is 14.7. The van der Waals surface area contributed by atoms with Crippen LogP contribution >= 0.6 is 0 Å². The van der Waals surface area contributed by atoms with Gasteiger partial charge in [0.15, 0.2) is 0 Å². The quantitative estimate of drug-likeness (QED) is 0.751. The summed E-state index contributed by atoms with van der Waals surface area (Å²) in [6.45, 7) is 2.12. The molecule has 0 spiro atoms. The highest BCUT2D eigenvalue weighted by molar-refractivity contribution is 5.89. The molecule has 2 aromatic carbocycles. The second-order valence-corrected chi connectivity index (χ2v) is 6.25. The van der Waals surface area contributed by atoms with Gasteiger partial charge in [-0.3, -0.25) is 4.79 Å². The van der Waals surface area contributed by atoms with Crippen LogP contribution in [-0.2, 0) is 6.42 Å². The summed E-state index contributed by atoms with van der Waals surface area (Å²) < 4.78 is 13.3. The lowest BCUT2D eigenvalue weighted by atomic mass is 10.1. The van der Waals surface area contributed by atoms with Gasteiger partial charge >= 0.3 is 6.03 Å². The Labute approximate surface area is 150 Å². The zero-order valence-electron chi connectivity index (χ0n) is 14.7. The number of benzene rings is 2. The van der Waals surface area contributed by atoms with E-state index < -0.39 is 0 Å². The standard InChI is InChI=1S/C20H20FN3O2/c1-13-11-15(7-8-18(13)21)23-20(26)24(2)10-9-14-12-22-19(25)17-6-4-3-5-16(14)17/h3-8,11-12H,9-10H2,1-2H3,(H,22,25)(H,23,26). The number of hydrogen-bond acceptors (Lipinski definition) is 2. The molecule has 2 N–H and O–H groups in total. The van der Waals surface area contributed by atoms with E-state index in [-0.39, 0.29) is 17.4 Å². The van der Waals surface area contributed by atoms with E-state index in [0.717, 1.165) is 10.9 Å². The van der Waals surface area contributed by atoms with Crippen molar-refractivity contribution in [1.82, 2.24) is 9.88 Å². The minimum atomic E-state index is -0.304. The van der Waals surface area contributed by atoms with Crippen LogP contribution in [0.3, 0.4) is 0 Å². The number of carbonyl (C=O) groups excluding carboxylic acids is 1. The van der Waals surface area contributed by atoms with Crippen molar-refractivity contribution in [2.75, 3.05) is 18.9 Å². The minimum absolute atomic E-state index is 0.123. The fourth-order valence-electron chi connectivity index (χ4n) is 2.81. The Morgan fingerprint density at radius 1 is 1.19 bits per heavy atom. The van der Waals surface area contributed by atoms with Crippen LogP contribution in [0.5, 0.6) is 0 Å². The van der Waals surface area contributed by atoms with Crippen LogP contribution in [0.4, 0.5) is 14.9 Å². The molecule has 3 aromatic rings. The summed E-state index contributed by atoms with van der Waals surface area (Å²) in [6, 6.07) is 11.6. The highest BCUT2D eigenvalue weighted by Gasteiger charge is 2.11. The molecular formula is C20H20FN3O2. The summed E-state index contributed by atoms with van der Waals surface area (Å²) >= 11 is 0. The van der Waals surface area contributed by atoms with Gasteiger partial charge in [-0.25, -0.2) is 9.18 Å². The molecule has 3 rings (SSSR count). The van der Waals surface area contributed by atoms with Crippen LogP contribution < -0.4 is 10.9 Å². The molecule has 0 atom stereocenters. The number of amides is 2. The molecular weight excluding hydrogens is 333 g/mol. The molecule has 0 radical (unpaired) electrons. The number of pyridine rings is 1. The summed E-state index contributed by atoms with van der Waals surface area (Å²) in [5.74, 6) is -0.304. The number of anilines is 1. The number of aromatic nitrogens is 1. The Morgan fingerprint density at radius 2 is 1.92 bits per heavy atom. The molecule has 2 amide bonds. The lowest BCUT2D eigenvalue weighted by molar-refractivity contribution is 0.223. The van der Waals surface area contributed by atoms with Crippen molar-refractivity contribution in [3.63, 3.8) is 0 Å². The van der Waals surface area contributed by atoms with Gasteiger partial charge in [0.05, 0.1) is 0 Å². The molecule has 26 heavy (non-hydrogen) atoms. The van der Waals surface area contributed by atoms with Crippen LogP contribution in [0, 0.1) is 12.7 Å². The molecule has 1 aromatic heterocycles. The molecule has 0 saturated heterocycles. The minimum Gasteiger partial charge on any atom is -0.328 e. The highest BCUT2D eigenvalue weighted by Crippen LogP contribution is 2.16. The summed E-state index contributed by atoms with van der Waals surface area (Å²) in [7, 11) is 1.69. The molecule has 5 nitrogen and oxygen atoms in total. The molecule has 0 unspecified atom stereocenters. The number of nitrogens with zero attached hydrogens (tertiary/aromatic N) is 1. The number of urea groups is 1. The first-order valence-electron chi connectivity index (χ1n) is 8.33. The lowest BCUT2D eigenvalue weighted by Crippen LogP contribution is -2.33. The second-order valence-electron chi connectivity index (χ2n) is 6.25. The van der Waals surface area contributed by atoms with E-state index in [4.69, 9.17) is 0 Å². The summed E-state index contributed by atoms with van der Waals surface area (Å²) in [4.78, 5) is 28.5. The maximum Gasteiger partial charge on any atom is 0.321 e. The van der Waals surface area contributed by atoms with E-state index >= 15 is 0 Å². The molecule has 0 aliphatic rings. The van der Waals surface area contributed by atoms with E-state index in [1.165, 1.54) is 12.1 Å². The van der Waals surface area contributed by atoms with Crippen LogP contribution in [0.25, 0.3) is 10.8 Å². The first kappa shape index (κ1) is 17.7. The van der Waals surface area contributed by atoms with Crippen molar-refractivity contribution in [2.24, 2.45) is 0 Å². The van der Waals surface area contributed by atoms with Crippen molar-refractivity contribution >= 4 is 22.5 Å². The molecule has 0 bridgehead atoms. The van der Waals surface area contributed by atoms with Gasteiger partial charge in [0, 0.05) is 30.9 Å². The van der Waals surface area contributed by atoms with Crippen LogP contribution in [0.1, 0.15) is 11.1 Å². The lowest BCUT2D eigenvalue weighted by Gasteiger charge is -2.18. The van der Waals surface area contributed by atoms with Crippen LogP contribution in [0.15, 0.2) is 53.5 Å². The topological polar surface area (TPSA) is 65.2 Å². The van der Waals surface area contributed by atoms with Crippen LogP contribution in [0.2, 0.25) is 0 Å². The Bertz CT molecular complexity index is 1010. The normalized spacial score (nSPS) is 10.7. The molecule has 0 saturated carbocycles. The van der Waals surface area contributed by atoms with Crippen molar-refractivity contribution < 1.29 is 9.18 Å². The Hall–Kier alpha value is -3.15. The van der Waals surface area contributed by atoms with Gasteiger partial charge in [0.2, 0.25) is 0 Å². The molecule has 6 heteroatoms. The Balaban J connectivity index is 1.68. The maximum absolute atomic E-state index is 13.3. The van der Waals surface area contributed by atoms with Gasteiger partial charge in [0.25, 0.3) is 5.56 Å². The second kappa shape index (κ2) is 7.39. The molecule has 0 fully saturated rings. The van der Waals surface area contributed by atoms with E-state index in [0.29, 0.717) is 29.6 Å². The van der Waals surface area contributed by atoms with Crippen LogP contribution in [-0.4, -0.2) is 29.5 Å². The Kier molecular flexibility index (Phi) is 5.02. The van der Waals surface area contributed by atoms with Crippen molar-refractivity contribution in [1.29, 1.82) is 0 Å². The number of hydrogen-bond donors (Lipinski definition) is 2. The van der Waals surface area contributed by atoms with Gasteiger partial charge in [-0.05, 0) is 54.1 Å². The predicted octanol–water partition coefficient (Wildman–Crippen LogP) is 3.68. The average Bonchev–Trinajstić information content (AvgIpc) is 2.64. The third-order valence-electron chi connectivity index (χ3n) is 4.37. The molecule has 134 valence electrons. The zero-order chi connectivity index (χ0) is 18.7. The SMILES string of the molecule is Cc1cc(NC(=O)N(C)CCc2c[nH]c(=O)c3ccccc23)ccc1F. The highest BCUT2D eigenvalue weighted by atomic mass is 19.1. The fourth-order valence-corrected chi connectivity index (χ4v) is 2.81. The number of halogens is 1. The molecule has 0 aliphatic carbocycles. The molecule has 0 aliphatic heterocycles. The summed E-state index contributed by atoms with van der Waals surface area (Å²) in [5, 5.41) is 4.28. The van der Waals surface area contributed by atoms with Gasteiger partial charge in [-0.15, -0.1) is 0 Å². The van der Waals surface area contributed by atoms with Crippen molar-refractivity contribution in [3.05, 3.63) is 76.0 Å². The summed E-state index contributed by atoms with van der Waals surface area (Å²) in [5.41, 5.74) is 1.88. The predicted molar refractivity (Wildman–Crippen MR) is 101 cm³/mol. The number of rotatable bonds is 4. The van der Waals surface area contributed by atoms with Gasteiger partial charge in [0.1, 0.15) is 5.82 Å². The smallest absolute Gasteiger partial charge is 0.321 e. The number of aryl methyl sites for hydroxylation is 1. The number of H-pyrrole nitrogens is 1. The monoisotopic (exact) mass is 353 g/mol. The first-order valence-corrected chi connectivity index (χ1v) is 8.33. The third-order valence-corrected chi connectivity index (χ3v) is 4.37. The number of likely N-dealkylation sites (N-methyl/N-ethyl adjacent to an activating group) is 1. The molecule has 1 heterocycles. The number of nitrogens with one attached hydrogen (secondary N) is 2. The average molecular weight is 353 g/mol. The van der Waals surface area contributed by atoms with Crippen molar-refractivity contribution in [3.8, 4) is 0 Å². The largest absolute Gasteiger partial charge is 0.328 e. The summed E-state index contributed by atoms with van der Waals surface area (Å²) in [6.07, 6.45) is 2.30. The number of aromatic amines is 1. The van der Waals surface area contributed by atoms with Crippen molar-refractivity contribution in [2.45, 2.75) is 13.3 Å². The first-order chi connectivity index (χ1) is 12.5. The van der Waals surface area contributed by atoms with Gasteiger partial charge in [-0.2, -0.15) is 0 Å². The Morgan fingerprint density at radius 3 is 2.65 bits per heavy atom. The van der Waals surface area contributed by atoms with E-state index in [1.54, 1.807) is 37.2 Å². The van der Waals surface area contributed by atoms with Gasteiger partial charge in [-0.1, -0.05) is 18.2 Å².